The normalized spacial score (nSPS) is 14.8. The molecule has 2 amide bonds. The Labute approximate surface area is 91.2 Å². The molecule has 1 N–H and O–H groups in total. The Morgan fingerprint density at radius 1 is 1.60 bits per heavy atom. The van der Waals surface area contributed by atoms with Gasteiger partial charge in [-0.2, -0.15) is 5.26 Å². The third-order valence-corrected chi connectivity index (χ3v) is 2.27. The van der Waals surface area contributed by atoms with E-state index in [4.69, 9.17) is 5.26 Å². The maximum absolute atomic E-state index is 11.7. The van der Waals surface area contributed by atoms with Crippen molar-refractivity contribution in [2.45, 2.75) is 39.2 Å². The average molecular weight is 209 g/mol. The van der Waals surface area contributed by atoms with Gasteiger partial charge in [0.1, 0.15) is 0 Å². The lowest BCUT2D eigenvalue weighted by atomic mass is 10.2. The maximum atomic E-state index is 11.7. The number of carbonyl (C=O) groups is 1. The summed E-state index contributed by atoms with van der Waals surface area (Å²) in [6.45, 7) is 5.40. The molecule has 1 aliphatic rings. The van der Waals surface area contributed by atoms with Crippen molar-refractivity contribution in [1.29, 1.82) is 5.26 Å². The molecule has 4 nitrogen and oxygen atoms in total. The first kappa shape index (κ1) is 11.8. The summed E-state index contributed by atoms with van der Waals surface area (Å²) in [5.74, 6) is 0.439. The molecule has 0 aliphatic heterocycles. The molecule has 4 heteroatoms. The van der Waals surface area contributed by atoms with Crippen LogP contribution < -0.4 is 5.32 Å². The predicted octanol–water partition coefficient (Wildman–Crippen LogP) is 1.73. The Bertz CT molecular complexity index is 253. The highest BCUT2D eigenvalue weighted by atomic mass is 16.2. The van der Waals surface area contributed by atoms with Crippen LogP contribution in [-0.2, 0) is 0 Å². The van der Waals surface area contributed by atoms with Gasteiger partial charge in [-0.1, -0.05) is 13.8 Å². The monoisotopic (exact) mass is 209 g/mol. The number of hydrogen-bond acceptors (Lipinski definition) is 2. The number of amides is 2. The van der Waals surface area contributed by atoms with Crippen LogP contribution in [0.15, 0.2) is 0 Å². The topological polar surface area (TPSA) is 56.1 Å². The zero-order valence-corrected chi connectivity index (χ0v) is 9.49. The van der Waals surface area contributed by atoms with E-state index < -0.39 is 0 Å². The number of carbonyl (C=O) groups excluding carboxylic acids is 1. The molecule has 0 bridgehead atoms. The van der Waals surface area contributed by atoms with E-state index in [1.807, 2.05) is 0 Å². The largest absolute Gasteiger partial charge is 0.335 e. The molecule has 0 aromatic rings. The first-order valence-electron chi connectivity index (χ1n) is 5.56. The first-order chi connectivity index (χ1) is 7.13. The Morgan fingerprint density at radius 3 is 2.73 bits per heavy atom. The number of rotatable bonds is 5. The molecule has 1 saturated carbocycles. The van der Waals surface area contributed by atoms with E-state index in [2.05, 4.69) is 25.2 Å². The van der Waals surface area contributed by atoms with Gasteiger partial charge in [-0.3, -0.25) is 0 Å². The van der Waals surface area contributed by atoms with Gasteiger partial charge in [-0.05, 0) is 18.8 Å². The molecule has 1 aliphatic carbocycles. The van der Waals surface area contributed by atoms with E-state index in [0.717, 1.165) is 19.4 Å². The number of urea groups is 1. The molecule has 0 unspecified atom stereocenters. The van der Waals surface area contributed by atoms with Gasteiger partial charge in [-0.15, -0.1) is 0 Å². The summed E-state index contributed by atoms with van der Waals surface area (Å²) in [7, 11) is 0. The summed E-state index contributed by atoms with van der Waals surface area (Å²) in [6.07, 6.45) is 2.60. The van der Waals surface area contributed by atoms with Crippen LogP contribution in [-0.4, -0.2) is 30.1 Å². The standard InChI is InChI=1S/C11H19N3O/c1-9(2)8-14(7-3-6-12)11(15)13-10-4-5-10/h9-10H,3-5,7-8H2,1-2H3,(H,13,15). The van der Waals surface area contributed by atoms with Crippen LogP contribution in [0.2, 0.25) is 0 Å². The molecule has 0 aromatic carbocycles. The second-order valence-electron chi connectivity index (χ2n) is 4.47. The van der Waals surface area contributed by atoms with Gasteiger partial charge in [0.15, 0.2) is 0 Å². The minimum absolute atomic E-state index is 0.0125. The molecular formula is C11H19N3O. The fraction of sp³-hybridized carbons (Fsp3) is 0.818. The highest BCUT2D eigenvalue weighted by Gasteiger charge is 2.25. The van der Waals surface area contributed by atoms with Gasteiger partial charge in [0.05, 0.1) is 12.5 Å². The molecule has 0 aromatic heterocycles. The SMILES string of the molecule is CC(C)CN(CCC#N)C(=O)NC1CC1. The zero-order valence-electron chi connectivity index (χ0n) is 9.49. The van der Waals surface area contributed by atoms with Crippen molar-refractivity contribution in [2.75, 3.05) is 13.1 Å². The van der Waals surface area contributed by atoms with Gasteiger partial charge < -0.3 is 10.2 Å². The third-order valence-electron chi connectivity index (χ3n) is 2.27. The lowest BCUT2D eigenvalue weighted by Crippen LogP contribution is -2.43. The number of nitrogens with one attached hydrogen (secondary N) is 1. The number of nitrogens with zero attached hydrogens (tertiary/aromatic N) is 2. The Balaban J connectivity index is 2.37. The van der Waals surface area contributed by atoms with Crippen molar-refractivity contribution >= 4 is 6.03 Å². The van der Waals surface area contributed by atoms with E-state index in [0.29, 0.717) is 24.9 Å². The van der Waals surface area contributed by atoms with Crippen LogP contribution in [0.4, 0.5) is 4.79 Å². The third kappa shape index (κ3) is 4.68. The summed E-state index contributed by atoms with van der Waals surface area (Å²) in [5, 5.41) is 11.5. The summed E-state index contributed by atoms with van der Waals surface area (Å²) in [4.78, 5) is 13.5. The van der Waals surface area contributed by atoms with Crippen LogP contribution in [0, 0.1) is 17.2 Å². The predicted molar refractivity (Wildman–Crippen MR) is 58.2 cm³/mol. The van der Waals surface area contributed by atoms with Gasteiger partial charge in [-0.25, -0.2) is 4.79 Å². The maximum Gasteiger partial charge on any atom is 0.317 e. The van der Waals surface area contributed by atoms with Crippen molar-refractivity contribution in [3.63, 3.8) is 0 Å². The van der Waals surface area contributed by atoms with Crippen LogP contribution in [0.25, 0.3) is 0 Å². The molecule has 0 saturated heterocycles. The molecule has 0 radical (unpaired) electrons. The smallest absolute Gasteiger partial charge is 0.317 e. The lowest BCUT2D eigenvalue weighted by Gasteiger charge is -2.23. The van der Waals surface area contributed by atoms with Crippen molar-refractivity contribution in [3.8, 4) is 6.07 Å². The summed E-state index contributed by atoms with van der Waals surface area (Å²) in [5.41, 5.74) is 0. The van der Waals surface area contributed by atoms with E-state index in [-0.39, 0.29) is 6.03 Å². The van der Waals surface area contributed by atoms with Gasteiger partial charge in [0.25, 0.3) is 0 Å². The first-order valence-corrected chi connectivity index (χ1v) is 5.56. The Morgan fingerprint density at radius 2 is 2.27 bits per heavy atom. The van der Waals surface area contributed by atoms with Crippen molar-refractivity contribution in [3.05, 3.63) is 0 Å². The minimum atomic E-state index is -0.0125. The Hall–Kier alpha value is -1.24. The van der Waals surface area contributed by atoms with Crippen molar-refractivity contribution in [2.24, 2.45) is 5.92 Å². The van der Waals surface area contributed by atoms with E-state index in [1.54, 1.807) is 4.90 Å². The number of hydrogen-bond donors (Lipinski definition) is 1. The van der Waals surface area contributed by atoms with Crippen LogP contribution in [0.3, 0.4) is 0 Å². The van der Waals surface area contributed by atoms with Gasteiger partial charge in [0, 0.05) is 19.1 Å². The van der Waals surface area contributed by atoms with E-state index in [1.165, 1.54) is 0 Å². The summed E-state index contributed by atoms with van der Waals surface area (Å²) >= 11 is 0. The molecular weight excluding hydrogens is 190 g/mol. The number of nitriles is 1. The second kappa shape index (κ2) is 5.59. The van der Waals surface area contributed by atoms with E-state index >= 15 is 0 Å². The minimum Gasteiger partial charge on any atom is -0.335 e. The average Bonchev–Trinajstić information content (AvgIpc) is 2.95. The highest BCUT2D eigenvalue weighted by Crippen LogP contribution is 2.19. The van der Waals surface area contributed by atoms with Gasteiger partial charge >= 0.3 is 6.03 Å². The van der Waals surface area contributed by atoms with Crippen LogP contribution in [0.1, 0.15) is 33.1 Å². The fourth-order valence-electron chi connectivity index (χ4n) is 1.40. The van der Waals surface area contributed by atoms with Crippen LogP contribution in [0.5, 0.6) is 0 Å². The van der Waals surface area contributed by atoms with Crippen molar-refractivity contribution in [1.82, 2.24) is 10.2 Å². The zero-order chi connectivity index (χ0) is 11.3. The molecule has 0 spiro atoms. The fourth-order valence-corrected chi connectivity index (χ4v) is 1.40. The molecule has 84 valence electrons. The van der Waals surface area contributed by atoms with Gasteiger partial charge in [0.2, 0.25) is 0 Å². The molecule has 1 fully saturated rings. The summed E-state index contributed by atoms with van der Waals surface area (Å²) < 4.78 is 0. The molecule has 15 heavy (non-hydrogen) atoms. The van der Waals surface area contributed by atoms with Crippen molar-refractivity contribution < 1.29 is 4.79 Å². The highest BCUT2D eigenvalue weighted by molar-refractivity contribution is 5.74. The quantitative estimate of drug-likeness (QED) is 0.749. The molecule has 0 heterocycles. The summed E-state index contributed by atoms with van der Waals surface area (Å²) in [6, 6.07) is 2.44. The molecule has 0 atom stereocenters. The van der Waals surface area contributed by atoms with Crippen LogP contribution >= 0.6 is 0 Å². The van der Waals surface area contributed by atoms with E-state index in [9.17, 15) is 4.79 Å². The molecule has 1 rings (SSSR count). The second-order valence-corrected chi connectivity index (χ2v) is 4.47. The Kier molecular flexibility index (Phi) is 4.41. The lowest BCUT2D eigenvalue weighted by molar-refractivity contribution is 0.191.